The zero-order valence-electron chi connectivity index (χ0n) is 8.55. The number of halogens is 1. The molecule has 0 unspecified atom stereocenters. The van der Waals surface area contributed by atoms with Gasteiger partial charge in [-0.3, -0.25) is 24.6 Å². The van der Waals surface area contributed by atoms with Crippen molar-refractivity contribution in [1.29, 1.82) is 0 Å². The van der Waals surface area contributed by atoms with E-state index in [0.29, 0.717) is 5.33 Å². The second-order valence-electron chi connectivity index (χ2n) is 3.41. The van der Waals surface area contributed by atoms with Crippen LogP contribution >= 0.6 is 15.9 Å². The Bertz CT molecular complexity index is 529. The summed E-state index contributed by atoms with van der Waals surface area (Å²) < 4.78 is 0. The maximum Gasteiger partial charge on any atom is 0.282 e. The van der Waals surface area contributed by atoms with Crippen LogP contribution in [0.4, 0.5) is 5.69 Å². The Morgan fingerprint density at radius 2 is 2.00 bits per heavy atom. The number of hydrogen-bond donors (Lipinski definition) is 0. The lowest BCUT2D eigenvalue weighted by Crippen LogP contribution is -2.31. The van der Waals surface area contributed by atoms with Gasteiger partial charge in [-0.25, -0.2) is 0 Å². The second kappa shape index (κ2) is 4.25. The van der Waals surface area contributed by atoms with E-state index in [9.17, 15) is 19.7 Å². The van der Waals surface area contributed by atoms with Gasteiger partial charge in [-0.1, -0.05) is 22.0 Å². The quantitative estimate of drug-likeness (QED) is 0.367. The van der Waals surface area contributed by atoms with Crippen molar-refractivity contribution in [2.24, 2.45) is 0 Å². The predicted octanol–water partition coefficient (Wildman–Crippen LogP) is 1.59. The van der Waals surface area contributed by atoms with Crippen molar-refractivity contribution in [2.75, 3.05) is 11.9 Å². The average molecular weight is 299 g/mol. The van der Waals surface area contributed by atoms with Crippen molar-refractivity contribution in [1.82, 2.24) is 4.90 Å². The van der Waals surface area contributed by atoms with E-state index in [4.69, 9.17) is 0 Å². The van der Waals surface area contributed by atoms with Crippen LogP contribution in [0, 0.1) is 10.1 Å². The summed E-state index contributed by atoms with van der Waals surface area (Å²) in [5.41, 5.74) is -0.327. The zero-order valence-corrected chi connectivity index (χ0v) is 10.1. The Balaban J connectivity index is 2.57. The average Bonchev–Trinajstić information content (AvgIpc) is 2.55. The molecule has 1 aliphatic heterocycles. The summed E-state index contributed by atoms with van der Waals surface area (Å²) in [4.78, 5) is 34.9. The molecular formula is C10H7BrN2O4. The third-order valence-electron chi connectivity index (χ3n) is 2.48. The van der Waals surface area contributed by atoms with E-state index in [2.05, 4.69) is 15.9 Å². The van der Waals surface area contributed by atoms with Crippen LogP contribution in [0.15, 0.2) is 18.2 Å². The fraction of sp³-hybridized carbons (Fsp3) is 0.200. The molecule has 17 heavy (non-hydrogen) atoms. The lowest BCUT2D eigenvalue weighted by molar-refractivity contribution is -0.385. The minimum atomic E-state index is -0.651. The molecule has 1 aromatic carbocycles. The molecular weight excluding hydrogens is 292 g/mol. The maximum absolute atomic E-state index is 11.9. The highest BCUT2D eigenvalue weighted by molar-refractivity contribution is 9.09. The number of nitrogens with zero attached hydrogens (tertiary/aromatic N) is 2. The van der Waals surface area contributed by atoms with Crippen molar-refractivity contribution in [2.45, 2.75) is 0 Å². The monoisotopic (exact) mass is 298 g/mol. The van der Waals surface area contributed by atoms with Crippen molar-refractivity contribution in [3.05, 3.63) is 39.4 Å². The van der Waals surface area contributed by atoms with Crippen LogP contribution in [0.2, 0.25) is 0 Å². The zero-order chi connectivity index (χ0) is 12.6. The summed E-state index contributed by atoms with van der Waals surface area (Å²) in [5, 5.41) is 11.2. The van der Waals surface area contributed by atoms with Crippen LogP contribution < -0.4 is 0 Å². The number of benzene rings is 1. The highest BCUT2D eigenvalue weighted by Crippen LogP contribution is 2.30. The number of carbonyl (C=O) groups is 2. The second-order valence-corrected chi connectivity index (χ2v) is 4.20. The van der Waals surface area contributed by atoms with Crippen LogP contribution in [-0.2, 0) is 0 Å². The van der Waals surface area contributed by atoms with E-state index in [0.717, 1.165) is 4.90 Å². The minimum absolute atomic E-state index is 0.102. The first-order valence-electron chi connectivity index (χ1n) is 4.77. The molecule has 88 valence electrons. The van der Waals surface area contributed by atoms with Gasteiger partial charge in [-0.05, 0) is 6.07 Å². The van der Waals surface area contributed by atoms with Crippen LogP contribution in [0.3, 0.4) is 0 Å². The van der Waals surface area contributed by atoms with Crippen LogP contribution in [0.1, 0.15) is 20.7 Å². The standard InChI is InChI=1S/C10H7BrN2O4/c11-4-5-12-9(14)6-2-1-3-7(13(16)17)8(6)10(12)15/h1-3H,4-5H2. The Labute approximate surface area is 104 Å². The highest BCUT2D eigenvalue weighted by atomic mass is 79.9. The lowest BCUT2D eigenvalue weighted by atomic mass is 10.1. The number of alkyl halides is 1. The van der Waals surface area contributed by atoms with E-state index in [1.54, 1.807) is 0 Å². The van der Waals surface area contributed by atoms with Crippen molar-refractivity contribution in [3.63, 3.8) is 0 Å². The predicted molar refractivity (Wildman–Crippen MR) is 62.3 cm³/mol. The number of carbonyl (C=O) groups excluding carboxylic acids is 2. The SMILES string of the molecule is O=C1c2cccc([N+](=O)[O-])c2C(=O)N1CCBr. The molecule has 0 aromatic heterocycles. The summed E-state index contributed by atoms with van der Waals surface area (Å²) in [6, 6.07) is 4.05. The molecule has 0 saturated heterocycles. The first-order chi connectivity index (χ1) is 8.07. The van der Waals surface area contributed by atoms with Crippen molar-refractivity contribution in [3.8, 4) is 0 Å². The van der Waals surface area contributed by atoms with Gasteiger partial charge < -0.3 is 0 Å². The first kappa shape index (κ1) is 11.7. The van der Waals surface area contributed by atoms with Gasteiger partial charge >= 0.3 is 0 Å². The van der Waals surface area contributed by atoms with Gasteiger partial charge in [0.1, 0.15) is 5.56 Å². The van der Waals surface area contributed by atoms with Crippen LogP contribution in [0.25, 0.3) is 0 Å². The Morgan fingerprint density at radius 3 is 2.59 bits per heavy atom. The minimum Gasteiger partial charge on any atom is -0.273 e. The van der Waals surface area contributed by atoms with E-state index >= 15 is 0 Å². The molecule has 2 rings (SSSR count). The Morgan fingerprint density at radius 1 is 1.29 bits per heavy atom. The smallest absolute Gasteiger partial charge is 0.273 e. The van der Waals surface area contributed by atoms with Crippen LogP contribution in [-0.4, -0.2) is 33.5 Å². The Kier molecular flexibility index (Phi) is 2.93. The normalized spacial score (nSPS) is 14.1. The van der Waals surface area contributed by atoms with E-state index in [-0.39, 0.29) is 23.4 Å². The largest absolute Gasteiger partial charge is 0.282 e. The third-order valence-corrected chi connectivity index (χ3v) is 2.84. The molecule has 0 bridgehead atoms. The van der Waals surface area contributed by atoms with E-state index in [1.165, 1.54) is 18.2 Å². The summed E-state index contributed by atoms with van der Waals surface area (Å²) in [7, 11) is 0. The molecule has 0 spiro atoms. The molecule has 2 amide bonds. The van der Waals surface area contributed by atoms with Gasteiger partial charge in [-0.15, -0.1) is 0 Å². The fourth-order valence-electron chi connectivity index (χ4n) is 1.76. The molecule has 6 nitrogen and oxygen atoms in total. The Hall–Kier alpha value is -1.76. The fourth-order valence-corrected chi connectivity index (χ4v) is 2.11. The number of imide groups is 1. The molecule has 0 fully saturated rings. The molecule has 0 atom stereocenters. The van der Waals surface area contributed by atoms with Gasteiger partial charge in [0.15, 0.2) is 0 Å². The van der Waals surface area contributed by atoms with Gasteiger partial charge in [-0.2, -0.15) is 0 Å². The number of rotatable bonds is 3. The molecule has 0 radical (unpaired) electrons. The molecule has 1 heterocycles. The van der Waals surface area contributed by atoms with Gasteiger partial charge in [0.05, 0.1) is 10.5 Å². The molecule has 0 saturated carbocycles. The lowest BCUT2D eigenvalue weighted by Gasteiger charge is -2.10. The maximum atomic E-state index is 11.9. The number of hydrogen-bond acceptors (Lipinski definition) is 4. The molecule has 1 aliphatic rings. The van der Waals surface area contributed by atoms with Crippen molar-refractivity contribution < 1.29 is 14.5 Å². The van der Waals surface area contributed by atoms with E-state index in [1.807, 2.05) is 0 Å². The number of fused-ring (bicyclic) bond motifs is 1. The summed E-state index contributed by atoms with van der Waals surface area (Å²) >= 11 is 3.13. The highest BCUT2D eigenvalue weighted by Gasteiger charge is 2.40. The number of amides is 2. The topological polar surface area (TPSA) is 80.5 Å². The van der Waals surface area contributed by atoms with Gasteiger partial charge in [0.2, 0.25) is 0 Å². The van der Waals surface area contributed by atoms with Gasteiger partial charge in [0, 0.05) is 17.9 Å². The number of nitro groups is 1. The summed E-state index contributed by atoms with van der Waals surface area (Å²) in [5.74, 6) is -1.08. The molecule has 1 aromatic rings. The van der Waals surface area contributed by atoms with Gasteiger partial charge in [0.25, 0.3) is 17.5 Å². The molecule has 0 aliphatic carbocycles. The van der Waals surface area contributed by atoms with Crippen molar-refractivity contribution >= 4 is 33.4 Å². The first-order valence-corrected chi connectivity index (χ1v) is 5.89. The number of nitro benzene ring substituents is 1. The summed E-state index contributed by atoms with van der Waals surface area (Å²) in [6.45, 7) is 0.198. The van der Waals surface area contributed by atoms with E-state index < -0.39 is 16.7 Å². The third kappa shape index (κ3) is 1.72. The molecule has 0 N–H and O–H groups in total. The van der Waals surface area contributed by atoms with Crippen LogP contribution in [0.5, 0.6) is 0 Å². The molecule has 7 heteroatoms. The summed E-state index contributed by atoms with van der Waals surface area (Å²) in [6.07, 6.45) is 0.